The van der Waals surface area contributed by atoms with Gasteiger partial charge in [0.15, 0.2) is 0 Å². The molecule has 3 aliphatic rings. The van der Waals surface area contributed by atoms with Crippen molar-refractivity contribution in [2.75, 3.05) is 26.3 Å². The van der Waals surface area contributed by atoms with Crippen LogP contribution in [0.2, 0.25) is 0 Å². The Labute approximate surface area is 153 Å². The van der Waals surface area contributed by atoms with E-state index in [4.69, 9.17) is 14.7 Å². The van der Waals surface area contributed by atoms with Crippen LogP contribution in [-0.2, 0) is 9.53 Å². The Morgan fingerprint density at radius 1 is 1.42 bits per heavy atom. The molecule has 6 nitrogen and oxygen atoms in total. The van der Waals surface area contributed by atoms with Crippen molar-refractivity contribution in [1.82, 2.24) is 9.88 Å². The number of pyridine rings is 1. The third-order valence-corrected chi connectivity index (χ3v) is 5.65. The highest BCUT2D eigenvalue weighted by Crippen LogP contribution is 2.36. The molecular weight excluding hydrogens is 330 g/mol. The van der Waals surface area contributed by atoms with Crippen LogP contribution in [0.4, 0.5) is 0 Å². The summed E-state index contributed by atoms with van der Waals surface area (Å²) in [6, 6.07) is 5.47. The molecule has 3 heterocycles. The Morgan fingerprint density at radius 3 is 3.08 bits per heavy atom. The number of nitrogens with zero attached hydrogens (tertiary/aromatic N) is 3. The number of rotatable bonds is 5. The molecule has 0 unspecified atom stereocenters. The molecule has 0 aromatic carbocycles. The first-order valence-electron chi connectivity index (χ1n) is 9.33. The standard InChI is InChI=1S/C20H23N3O3/c21-9-14-5-6-19(22-10-14)25-8-7-16-13-26-18-12-23(11-17(16)18)20(24)15-3-1-2-4-15/h3,5-6,10,16-18H,1-2,4,7-8,11-13H2/t16-,17-,18-/m0/s1. The molecule has 2 aliphatic heterocycles. The molecule has 1 amide bonds. The number of nitriles is 1. The molecule has 1 aliphatic carbocycles. The zero-order valence-electron chi connectivity index (χ0n) is 14.8. The lowest BCUT2D eigenvalue weighted by atomic mass is 9.91. The fourth-order valence-electron chi connectivity index (χ4n) is 4.18. The summed E-state index contributed by atoms with van der Waals surface area (Å²) in [7, 11) is 0. The van der Waals surface area contributed by atoms with Gasteiger partial charge in [-0.2, -0.15) is 5.26 Å². The van der Waals surface area contributed by atoms with E-state index in [1.54, 1.807) is 12.1 Å². The Kier molecular flexibility index (Phi) is 4.89. The first kappa shape index (κ1) is 17.0. The minimum absolute atomic E-state index is 0.166. The van der Waals surface area contributed by atoms with Crippen LogP contribution in [0, 0.1) is 23.2 Å². The van der Waals surface area contributed by atoms with Gasteiger partial charge in [-0.05, 0) is 37.7 Å². The minimum Gasteiger partial charge on any atom is -0.478 e. The van der Waals surface area contributed by atoms with Crippen LogP contribution in [0.5, 0.6) is 5.88 Å². The van der Waals surface area contributed by atoms with Gasteiger partial charge < -0.3 is 14.4 Å². The lowest BCUT2D eigenvalue weighted by Crippen LogP contribution is -2.32. The summed E-state index contributed by atoms with van der Waals surface area (Å²) in [6.45, 7) is 2.81. The van der Waals surface area contributed by atoms with E-state index in [1.165, 1.54) is 6.20 Å². The predicted octanol–water partition coefficient (Wildman–Crippen LogP) is 2.31. The van der Waals surface area contributed by atoms with E-state index in [2.05, 4.69) is 11.1 Å². The summed E-state index contributed by atoms with van der Waals surface area (Å²) < 4.78 is 11.7. The van der Waals surface area contributed by atoms with E-state index in [0.717, 1.165) is 51.0 Å². The van der Waals surface area contributed by atoms with Crippen LogP contribution in [0.25, 0.3) is 0 Å². The van der Waals surface area contributed by atoms with Crippen molar-refractivity contribution in [3.63, 3.8) is 0 Å². The van der Waals surface area contributed by atoms with Gasteiger partial charge >= 0.3 is 0 Å². The number of aromatic nitrogens is 1. The van der Waals surface area contributed by atoms with Crippen molar-refractivity contribution < 1.29 is 14.3 Å². The SMILES string of the molecule is N#Cc1ccc(OCC[C@H]2CO[C@H]3CN(C(=O)C4=CCCC4)C[C@@H]23)nc1. The number of hydrogen-bond acceptors (Lipinski definition) is 5. The molecule has 3 atom stereocenters. The van der Waals surface area contributed by atoms with E-state index >= 15 is 0 Å². The van der Waals surface area contributed by atoms with Crippen LogP contribution in [-0.4, -0.2) is 48.2 Å². The predicted molar refractivity (Wildman–Crippen MR) is 94.3 cm³/mol. The molecule has 26 heavy (non-hydrogen) atoms. The fraction of sp³-hybridized carbons (Fsp3) is 0.550. The zero-order valence-corrected chi connectivity index (χ0v) is 14.8. The Morgan fingerprint density at radius 2 is 2.35 bits per heavy atom. The first-order chi connectivity index (χ1) is 12.7. The number of ether oxygens (including phenoxy) is 2. The Balaban J connectivity index is 1.27. The zero-order chi connectivity index (χ0) is 17.9. The van der Waals surface area contributed by atoms with Crippen LogP contribution < -0.4 is 4.74 Å². The second-order valence-corrected chi connectivity index (χ2v) is 7.26. The van der Waals surface area contributed by atoms with Crippen molar-refractivity contribution in [2.45, 2.75) is 31.8 Å². The molecule has 2 saturated heterocycles. The molecule has 0 spiro atoms. The Hall–Kier alpha value is -2.39. The second kappa shape index (κ2) is 7.46. The lowest BCUT2D eigenvalue weighted by Gasteiger charge is -2.20. The van der Waals surface area contributed by atoms with Crippen molar-refractivity contribution >= 4 is 5.91 Å². The molecule has 1 aromatic heterocycles. The van der Waals surface area contributed by atoms with Gasteiger partial charge in [-0.25, -0.2) is 4.98 Å². The van der Waals surface area contributed by atoms with Gasteiger partial charge in [0.05, 0.1) is 24.9 Å². The summed E-state index contributed by atoms with van der Waals surface area (Å²) in [5.41, 5.74) is 1.51. The summed E-state index contributed by atoms with van der Waals surface area (Å²) in [6.07, 6.45) is 7.70. The number of fused-ring (bicyclic) bond motifs is 1. The van der Waals surface area contributed by atoms with Gasteiger partial charge in [-0.15, -0.1) is 0 Å². The molecule has 6 heteroatoms. The molecule has 0 radical (unpaired) electrons. The summed E-state index contributed by atoms with van der Waals surface area (Å²) in [5.74, 6) is 1.56. The largest absolute Gasteiger partial charge is 0.478 e. The van der Waals surface area contributed by atoms with Crippen LogP contribution in [0.15, 0.2) is 30.0 Å². The lowest BCUT2D eigenvalue weighted by molar-refractivity contribution is -0.127. The molecule has 0 N–H and O–H groups in total. The molecular formula is C20H23N3O3. The highest BCUT2D eigenvalue weighted by atomic mass is 16.5. The molecule has 2 fully saturated rings. The highest BCUT2D eigenvalue weighted by molar-refractivity contribution is 5.94. The number of allylic oxidation sites excluding steroid dienone is 1. The van der Waals surface area contributed by atoms with Crippen LogP contribution in [0.1, 0.15) is 31.2 Å². The van der Waals surface area contributed by atoms with Gasteiger partial charge in [0.1, 0.15) is 6.07 Å². The smallest absolute Gasteiger partial charge is 0.249 e. The van der Waals surface area contributed by atoms with Crippen molar-refractivity contribution in [1.29, 1.82) is 5.26 Å². The summed E-state index contributed by atoms with van der Waals surface area (Å²) in [5, 5.41) is 8.79. The summed E-state index contributed by atoms with van der Waals surface area (Å²) >= 11 is 0. The maximum atomic E-state index is 12.6. The monoisotopic (exact) mass is 353 g/mol. The van der Waals surface area contributed by atoms with Gasteiger partial charge in [0.2, 0.25) is 11.8 Å². The number of carbonyl (C=O) groups excluding carboxylic acids is 1. The highest BCUT2D eigenvalue weighted by Gasteiger charge is 2.45. The maximum Gasteiger partial charge on any atom is 0.249 e. The number of hydrogen-bond donors (Lipinski definition) is 0. The van der Waals surface area contributed by atoms with Crippen molar-refractivity contribution in [2.24, 2.45) is 11.8 Å². The topological polar surface area (TPSA) is 75.5 Å². The minimum atomic E-state index is 0.166. The summed E-state index contributed by atoms with van der Waals surface area (Å²) in [4.78, 5) is 18.7. The van der Waals surface area contributed by atoms with Gasteiger partial charge in [0.25, 0.3) is 0 Å². The van der Waals surface area contributed by atoms with E-state index < -0.39 is 0 Å². The second-order valence-electron chi connectivity index (χ2n) is 7.26. The molecule has 1 aromatic rings. The molecule has 0 bridgehead atoms. The maximum absolute atomic E-state index is 12.6. The Bertz CT molecular complexity index is 738. The van der Waals surface area contributed by atoms with Crippen molar-refractivity contribution in [3.8, 4) is 11.9 Å². The molecule has 4 rings (SSSR count). The van der Waals surface area contributed by atoms with Gasteiger partial charge in [-0.1, -0.05) is 6.08 Å². The quantitative estimate of drug-likeness (QED) is 0.812. The van der Waals surface area contributed by atoms with E-state index in [-0.39, 0.29) is 12.0 Å². The van der Waals surface area contributed by atoms with Crippen molar-refractivity contribution in [3.05, 3.63) is 35.5 Å². The van der Waals surface area contributed by atoms with Crippen LogP contribution >= 0.6 is 0 Å². The van der Waals surface area contributed by atoms with E-state index in [0.29, 0.717) is 29.9 Å². The van der Waals surface area contributed by atoms with E-state index in [9.17, 15) is 4.79 Å². The van der Waals surface area contributed by atoms with Crippen LogP contribution in [0.3, 0.4) is 0 Å². The van der Waals surface area contributed by atoms with Gasteiger partial charge in [0, 0.05) is 36.8 Å². The van der Waals surface area contributed by atoms with Gasteiger partial charge in [-0.3, -0.25) is 4.79 Å². The fourth-order valence-corrected chi connectivity index (χ4v) is 4.18. The number of likely N-dealkylation sites (tertiary alicyclic amines) is 1. The normalized spacial score (nSPS) is 27.1. The third kappa shape index (κ3) is 3.45. The number of carbonyl (C=O) groups is 1. The molecule has 136 valence electrons. The third-order valence-electron chi connectivity index (χ3n) is 5.65. The number of amides is 1. The van der Waals surface area contributed by atoms with E-state index in [1.807, 2.05) is 11.0 Å². The molecule has 0 saturated carbocycles. The average molecular weight is 353 g/mol. The average Bonchev–Trinajstić information content (AvgIpc) is 3.40. The first-order valence-corrected chi connectivity index (χ1v) is 9.33.